The minimum absolute atomic E-state index is 0.0566. The summed E-state index contributed by atoms with van der Waals surface area (Å²) in [6, 6.07) is 0.354. The van der Waals surface area contributed by atoms with Crippen LogP contribution >= 0.6 is 0 Å². The molecule has 0 bridgehead atoms. The van der Waals surface area contributed by atoms with E-state index in [-0.39, 0.29) is 11.0 Å². The second-order valence-corrected chi connectivity index (χ2v) is 6.58. The minimum atomic E-state index is -0.0566. The maximum atomic E-state index is 5.96. The monoisotopic (exact) mass is 253 g/mol. The SMILES string of the molecule is COC1(C)CC(NC(N)=NCC2CCC2)C1(C)C. The van der Waals surface area contributed by atoms with Gasteiger partial charge in [0.1, 0.15) is 0 Å². The van der Waals surface area contributed by atoms with Crippen molar-refractivity contribution in [1.82, 2.24) is 5.32 Å². The van der Waals surface area contributed by atoms with Crippen LogP contribution in [0.1, 0.15) is 46.5 Å². The molecule has 0 radical (unpaired) electrons. The van der Waals surface area contributed by atoms with Crippen LogP contribution in [0.5, 0.6) is 0 Å². The Balaban J connectivity index is 1.83. The topological polar surface area (TPSA) is 59.6 Å². The number of ether oxygens (including phenoxy) is 1. The fourth-order valence-corrected chi connectivity index (χ4v) is 2.85. The van der Waals surface area contributed by atoms with Gasteiger partial charge in [-0.25, -0.2) is 0 Å². The van der Waals surface area contributed by atoms with Gasteiger partial charge in [0.15, 0.2) is 5.96 Å². The smallest absolute Gasteiger partial charge is 0.188 e. The Kier molecular flexibility index (Phi) is 3.58. The summed E-state index contributed by atoms with van der Waals surface area (Å²) in [6.45, 7) is 7.48. The number of rotatable bonds is 4. The fraction of sp³-hybridized carbons (Fsp3) is 0.929. The van der Waals surface area contributed by atoms with Crippen LogP contribution in [0.15, 0.2) is 4.99 Å². The molecular weight excluding hydrogens is 226 g/mol. The van der Waals surface area contributed by atoms with E-state index in [2.05, 4.69) is 31.1 Å². The Hall–Kier alpha value is -0.770. The van der Waals surface area contributed by atoms with Crippen LogP contribution in [0, 0.1) is 11.3 Å². The van der Waals surface area contributed by atoms with Crippen LogP contribution in [0.25, 0.3) is 0 Å². The highest BCUT2D eigenvalue weighted by molar-refractivity contribution is 5.78. The zero-order valence-corrected chi connectivity index (χ0v) is 12.1. The van der Waals surface area contributed by atoms with E-state index in [0.717, 1.165) is 18.9 Å². The van der Waals surface area contributed by atoms with Gasteiger partial charge in [0, 0.05) is 25.1 Å². The van der Waals surface area contributed by atoms with E-state index < -0.39 is 0 Å². The summed E-state index contributed by atoms with van der Waals surface area (Å²) in [4.78, 5) is 4.45. The first-order valence-corrected chi connectivity index (χ1v) is 7.00. The normalized spacial score (nSPS) is 35.8. The summed E-state index contributed by atoms with van der Waals surface area (Å²) in [5.74, 6) is 1.36. The molecule has 2 atom stereocenters. The van der Waals surface area contributed by atoms with E-state index in [9.17, 15) is 0 Å². The molecule has 2 unspecified atom stereocenters. The first kappa shape index (κ1) is 13.7. The lowest BCUT2D eigenvalue weighted by Gasteiger charge is -2.59. The Bertz CT molecular complexity index is 336. The molecular formula is C14H27N3O. The number of nitrogens with zero attached hydrogens (tertiary/aromatic N) is 1. The molecule has 0 aromatic carbocycles. The van der Waals surface area contributed by atoms with Crippen LogP contribution in [-0.2, 0) is 4.74 Å². The molecule has 2 rings (SSSR count). The van der Waals surface area contributed by atoms with E-state index in [0.29, 0.717) is 12.0 Å². The predicted molar refractivity (Wildman–Crippen MR) is 74.6 cm³/mol. The van der Waals surface area contributed by atoms with Gasteiger partial charge in [0.05, 0.1) is 5.60 Å². The Labute approximate surface area is 110 Å². The van der Waals surface area contributed by atoms with Crippen LogP contribution in [0.2, 0.25) is 0 Å². The van der Waals surface area contributed by atoms with Crippen molar-refractivity contribution in [2.75, 3.05) is 13.7 Å². The van der Waals surface area contributed by atoms with Crippen molar-refractivity contribution in [3.63, 3.8) is 0 Å². The Morgan fingerprint density at radius 1 is 1.39 bits per heavy atom. The standard InChI is InChI=1S/C14H27N3O/c1-13(2)11(8-14(13,3)18-4)17-12(15)16-9-10-6-5-7-10/h10-11H,5-9H2,1-4H3,(H3,15,16,17). The van der Waals surface area contributed by atoms with Gasteiger partial charge in [-0.15, -0.1) is 0 Å². The third kappa shape index (κ3) is 2.22. The van der Waals surface area contributed by atoms with E-state index >= 15 is 0 Å². The van der Waals surface area contributed by atoms with Gasteiger partial charge in [-0.3, -0.25) is 4.99 Å². The Morgan fingerprint density at radius 2 is 2.06 bits per heavy atom. The predicted octanol–water partition coefficient (Wildman–Crippen LogP) is 1.89. The molecule has 0 amide bonds. The van der Waals surface area contributed by atoms with E-state index in [1.54, 1.807) is 7.11 Å². The van der Waals surface area contributed by atoms with Gasteiger partial charge in [0.25, 0.3) is 0 Å². The number of methoxy groups -OCH3 is 1. The minimum Gasteiger partial charge on any atom is -0.378 e. The average Bonchev–Trinajstić information content (AvgIpc) is 2.26. The number of nitrogens with two attached hydrogens (primary N) is 1. The summed E-state index contributed by atoms with van der Waals surface area (Å²) in [5, 5.41) is 3.35. The summed E-state index contributed by atoms with van der Waals surface area (Å²) >= 11 is 0. The van der Waals surface area contributed by atoms with Crippen molar-refractivity contribution in [1.29, 1.82) is 0 Å². The number of aliphatic imine (C=N–C) groups is 1. The first-order chi connectivity index (χ1) is 8.39. The van der Waals surface area contributed by atoms with Crippen molar-refractivity contribution in [2.24, 2.45) is 22.1 Å². The average molecular weight is 253 g/mol. The molecule has 18 heavy (non-hydrogen) atoms. The lowest BCUT2D eigenvalue weighted by atomic mass is 9.56. The van der Waals surface area contributed by atoms with Gasteiger partial charge in [-0.1, -0.05) is 20.3 Å². The molecule has 2 fully saturated rings. The second-order valence-electron chi connectivity index (χ2n) is 6.58. The number of hydrogen-bond donors (Lipinski definition) is 2. The molecule has 0 saturated heterocycles. The highest BCUT2D eigenvalue weighted by atomic mass is 16.5. The third-order valence-corrected chi connectivity index (χ3v) is 5.35. The van der Waals surface area contributed by atoms with Crippen molar-refractivity contribution in [3.05, 3.63) is 0 Å². The lowest BCUT2D eigenvalue weighted by Crippen LogP contribution is -2.69. The molecule has 3 N–H and O–H groups in total. The summed E-state index contributed by atoms with van der Waals surface area (Å²) in [7, 11) is 1.78. The van der Waals surface area contributed by atoms with E-state index in [1.807, 2.05) is 0 Å². The molecule has 2 aliphatic carbocycles. The van der Waals surface area contributed by atoms with Crippen LogP contribution in [-0.4, -0.2) is 31.3 Å². The van der Waals surface area contributed by atoms with Gasteiger partial charge >= 0.3 is 0 Å². The summed E-state index contributed by atoms with van der Waals surface area (Å²) in [6.07, 6.45) is 4.96. The molecule has 0 heterocycles. The van der Waals surface area contributed by atoms with Gasteiger partial charge in [0.2, 0.25) is 0 Å². The molecule has 0 spiro atoms. The largest absolute Gasteiger partial charge is 0.378 e. The van der Waals surface area contributed by atoms with Crippen molar-refractivity contribution in [2.45, 2.75) is 58.1 Å². The molecule has 2 saturated carbocycles. The highest BCUT2D eigenvalue weighted by Crippen LogP contribution is 2.51. The molecule has 4 heteroatoms. The third-order valence-electron chi connectivity index (χ3n) is 5.35. The van der Waals surface area contributed by atoms with E-state index in [4.69, 9.17) is 10.5 Å². The Morgan fingerprint density at radius 3 is 2.50 bits per heavy atom. The van der Waals surface area contributed by atoms with Crippen LogP contribution in [0.3, 0.4) is 0 Å². The van der Waals surface area contributed by atoms with Crippen LogP contribution in [0.4, 0.5) is 0 Å². The highest BCUT2D eigenvalue weighted by Gasteiger charge is 2.57. The molecule has 2 aliphatic rings. The molecule has 4 nitrogen and oxygen atoms in total. The molecule has 0 aromatic rings. The number of guanidine groups is 1. The van der Waals surface area contributed by atoms with Crippen molar-refractivity contribution >= 4 is 5.96 Å². The molecule has 0 aromatic heterocycles. The summed E-state index contributed by atoms with van der Waals surface area (Å²) < 4.78 is 5.60. The number of hydrogen-bond acceptors (Lipinski definition) is 2. The van der Waals surface area contributed by atoms with Crippen molar-refractivity contribution < 1.29 is 4.74 Å². The molecule has 0 aliphatic heterocycles. The second kappa shape index (κ2) is 4.72. The van der Waals surface area contributed by atoms with Crippen LogP contribution < -0.4 is 11.1 Å². The van der Waals surface area contributed by atoms with E-state index in [1.165, 1.54) is 19.3 Å². The van der Waals surface area contributed by atoms with Gasteiger partial charge in [-0.2, -0.15) is 0 Å². The zero-order valence-electron chi connectivity index (χ0n) is 12.1. The lowest BCUT2D eigenvalue weighted by molar-refractivity contribution is -0.176. The molecule has 104 valence electrons. The van der Waals surface area contributed by atoms with Gasteiger partial charge in [-0.05, 0) is 32.1 Å². The maximum Gasteiger partial charge on any atom is 0.188 e. The number of nitrogens with one attached hydrogen (secondary N) is 1. The maximum absolute atomic E-state index is 5.96. The van der Waals surface area contributed by atoms with Crippen molar-refractivity contribution in [3.8, 4) is 0 Å². The fourth-order valence-electron chi connectivity index (χ4n) is 2.85. The van der Waals surface area contributed by atoms with Gasteiger partial charge < -0.3 is 15.8 Å². The summed E-state index contributed by atoms with van der Waals surface area (Å²) in [5.41, 5.74) is 5.99. The quantitative estimate of drug-likeness (QED) is 0.594. The first-order valence-electron chi connectivity index (χ1n) is 7.00. The zero-order chi connectivity index (χ0) is 13.4.